The van der Waals surface area contributed by atoms with Crippen molar-refractivity contribution in [3.8, 4) is 11.6 Å². The first-order chi connectivity index (χ1) is 7.94. The van der Waals surface area contributed by atoms with Crippen LogP contribution < -0.4 is 5.32 Å². The Hall–Kier alpha value is -1.98. The molecule has 0 amide bonds. The van der Waals surface area contributed by atoms with E-state index in [-0.39, 0.29) is 5.54 Å². The number of hydrogen-bond acceptors (Lipinski definition) is 6. The van der Waals surface area contributed by atoms with Crippen LogP contribution in [0.1, 0.15) is 26.3 Å². The van der Waals surface area contributed by atoms with Gasteiger partial charge in [-0.2, -0.15) is 4.98 Å². The first-order valence-corrected chi connectivity index (χ1v) is 5.35. The van der Waals surface area contributed by atoms with Crippen LogP contribution >= 0.6 is 0 Å². The first-order valence-electron chi connectivity index (χ1n) is 5.35. The smallest absolute Gasteiger partial charge is 0.322 e. The lowest BCUT2D eigenvalue weighted by Gasteiger charge is -2.17. The average molecular weight is 233 g/mol. The van der Waals surface area contributed by atoms with Gasteiger partial charge in [0.1, 0.15) is 0 Å². The van der Waals surface area contributed by atoms with Crippen LogP contribution in [0.3, 0.4) is 0 Å². The van der Waals surface area contributed by atoms with Gasteiger partial charge in [0, 0.05) is 17.9 Å². The number of nitrogens with zero attached hydrogens (tertiary/aromatic N) is 4. The summed E-state index contributed by atoms with van der Waals surface area (Å²) < 4.78 is 5.07. The summed E-state index contributed by atoms with van der Waals surface area (Å²) in [4.78, 5) is 12.5. The summed E-state index contributed by atoms with van der Waals surface area (Å²) in [5.41, 5.74) is 0.864. The van der Waals surface area contributed by atoms with Crippen molar-refractivity contribution in [2.24, 2.45) is 0 Å². The SMILES string of the molecule is Cc1cnc(-c2noc(NC(C)(C)C)n2)nc1. The summed E-state index contributed by atoms with van der Waals surface area (Å²) >= 11 is 0. The van der Waals surface area contributed by atoms with Crippen molar-refractivity contribution in [2.75, 3.05) is 5.32 Å². The van der Waals surface area contributed by atoms with E-state index in [0.717, 1.165) is 5.56 Å². The number of aryl methyl sites for hydroxylation is 1. The second-order valence-corrected chi connectivity index (χ2v) is 4.88. The van der Waals surface area contributed by atoms with E-state index >= 15 is 0 Å². The summed E-state index contributed by atoms with van der Waals surface area (Å²) in [7, 11) is 0. The molecule has 0 unspecified atom stereocenters. The maximum absolute atomic E-state index is 5.07. The Bertz CT molecular complexity index is 497. The number of hydrogen-bond donors (Lipinski definition) is 1. The molecule has 1 N–H and O–H groups in total. The Balaban J connectivity index is 2.21. The monoisotopic (exact) mass is 233 g/mol. The minimum atomic E-state index is -0.127. The highest BCUT2D eigenvalue weighted by Gasteiger charge is 2.16. The van der Waals surface area contributed by atoms with Gasteiger partial charge in [-0.1, -0.05) is 5.16 Å². The van der Waals surface area contributed by atoms with E-state index in [1.807, 2.05) is 27.7 Å². The first kappa shape index (κ1) is 11.5. The molecule has 0 aliphatic carbocycles. The molecule has 0 spiro atoms. The quantitative estimate of drug-likeness (QED) is 0.855. The van der Waals surface area contributed by atoms with Crippen LogP contribution in [0.2, 0.25) is 0 Å². The second-order valence-electron chi connectivity index (χ2n) is 4.88. The van der Waals surface area contributed by atoms with Crippen LogP contribution in [-0.2, 0) is 0 Å². The lowest BCUT2D eigenvalue weighted by molar-refractivity contribution is 0.420. The zero-order chi connectivity index (χ0) is 12.5. The molecular weight excluding hydrogens is 218 g/mol. The lowest BCUT2D eigenvalue weighted by atomic mass is 10.1. The van der Waals surface area contributed by atoms with E-state index in [2.05, 4.69) is 25.4 Å². The van der Waals surface area contributed by atoms with Gasteiger partial charge >= 0.3 is 6.01 Å². The normalized spacial score (nSPS) is 11.5. The fourth-order valence-electron chi connectivity index (χ4n) is 1.19. The van der Waals surface area contributed by atoms with Gasteiger partial charge in [0.15, 0.2) is 0 Å². The van der Waals surface area contributed by atoms with Gasteiger partial charge in [0.05, 0.1) is 0 Å². The minimum absolute atomic E-state index is 0.127. The lowest BCUT2D eigenvalue weighted by Crippen LogP contribution is -2.26. The Kier molecular flexibility index (Phi) is 2.79. The number of aromatic nitrogens is 4. The van der Waals surface area contributed by atoms with Crippen LogP contribution in [0.4, 0.5) is 6.01 Å². The molecule has 0 aromatic carbocycles. The van der Waals surface area contributed by atoms with E-state index in [0.29, 0.717) is 17.7 Å². The van der Waals surface area contributed by atoms with E-state index in [1.165, 1.54) is 0 Å². The summed E-state index contributed by atoms with van der Waals surface area (Å²) in [6.07, 6.45) is 3.44. The molecule has 0 radical (unpaired) electrons. The standard InChI is InChI=1S/C11H15N5O/c1-7-5-12-8(13-6-7)9-14-10(17-16-9)15-11(2,3)4/h5-6H,1-4H3,(H,14,15,16). The van der Waals surface area contributed by atoms with Crippen LogP contribution in [-0.4, -0.2) is 25.6 Å². The fraction of sp³-hybridized carbons (Fsp3) is 0.455. The molecule has 90 valence electrons. The summed E-state index contributed by atoms with van der Waals surface area (Å²) in [5.74, 6) is 0.845. The largest absolute Gasteiger partial charge is 0.333 e. The topological polar surface area (TPSA) is 76.7 Å². The third kappa shape index (κ3) is 2.99. The molecule has 6 heteroatoms. The molecule has 0 bridgehead atoms. The van der Waals surface area contributed by atoms with Gasteiger partial charge in [0.25, 0.3) is 0 Å². The van der Waals surface area contributed by atoms with Crippen molar-refractivity contribution in [3.63, 3.8) is 0 Å². The summed E-state index contributed by atoms with van der Waals surface area (Å²) in [5, 5.41) is 6.91. The molecule has 17 heavy (non-hydrogen) atoms. The predicted molar refractivity (Wildman–Crippen MR) is 63.4 cm³/mol. The molecule has 0 aliphatic rings. The molecule has 0 saturated heterocycles. The zero-order valence-electron chi connectivity index (χ0n) is 10.4. The van der Waals surface area contributed by atoms with Gasteiger partial charge < -0.3 is 9.84 Å². The van der Waals surface area contributed by atoms with Crippen LogP contribution in [0.5, 0.6) is 0 Å². The maximum atomic E-state index is 5.07. The predicted octanol–water partition coefficient (Wildman–Crippen LogP) is 2.05. The summed E-state index contributed by atoms with van der Waals surface area (Å²) in [6, 6.07) is 0.372. The molecule has 2 aromatic heterocycles. The van der Waals surface area contributed by atoms with Gasteiger partial charge in [-0.3, -0.25) is 0 Å². The molecule has 0 saturated carbocycles. The van der Waals surface area contributed by atoms with Crippen molar-refractivity contribution < 1.29 is 4.52 Å². The minimum Gasteiger partial charge on any atom is -0.333 e. The van der Waals surface area contributed by atoms with Crippen LogP contribution in [0.25, 0.3) is 11.6 Å². The van der Waals surface area contributed by atoms with Gasteiger partial charge in [-0.05, 0) is 33.3 Å². The van der Waals surface area contributed by atoms with Gasteiger partial charge in [0.2, 0.25) is 11.6 Å². The van der Waals surface area contributed by atoms with Crippen molar-refractivity contribution in [2.45, 2.75) is 33.2 Å². The highest BCUT2D eigenvalue weighted by Crippen LogP contribution is 2.16. The Morgan fingerprint density at radius 2 is 1.76 bits per heavy atom. The average Bonchev–Trinajstić information content (AvgIpc) is 2.64. The Morgan fingerprint density at radius 1 is 1.12 bits per heavy atom. The van der Waals surface area contributed by atoms with Crippen LogP contribution in [0, 0.1) is 6.92 Å². The zero-order valence-corrected chi connectivity index (χ0v) is 10.4. The molecule has 0 aliphatic heterocycles. The highest BCUT2D eigenvalue weighted by molar-refractivity contribution is 5.44. The van der Waals surface area contributed by atoms with E-state index in [1.54, 1.807) is 12.4 Å². The van der Waals surface area contributed by atoms with Crippen molar-refractivity contribution in [3.05, 3.63) is 18.0 Å². The molecule has 2 rings (SSSR count). The number of rotatable bonds is 2. The van der Waals surface area contributed by atoms with Crippen molar-refractivity contribution >= 4 is 6.01 Å². The molecule has 2 heterocycles. The van der Waals surface area contributed by atoms with Gasteiger partial charge in [-0.15, -0.1) is 0 Å². The fourth-order valence-corrected chi connectivity index (χ4v) is 1.19. The molecule has 0 fully saturated rings. The molecule has 2 aromatic rings. The van der Waals surface area contributed by atoms with Gasteiger partial charge in [-0.25, -0.2) is 9.97 Å². The van der Waals surface area contributed by atoms with E-state index in [4.69, 9.17) is 4.52 Å². The van der Waals surface area contributed by atoms with Crippen molar-refractivity contribution in [1.82, 2.24) is 20.1 Å². The molecular formula is C11H15N5O. The van der Waals surface area contributed by atoms with Crippen molar-refractivity contribution in [1.29, 1.82) is 0 Å². The van der Waals surface area contributed by atoms with Crippen LogP contribution in [0.15, 0.2) is 16.9 Å². The Morgan fingerprint density at radius 3 is 2.35 bits per heavy atom. The molecule has 6 nitrogen and oxygen atoms in total. The third-order valence-corrected chi connectivity index (χ3v) is 1.89. The number of anilines is 1. The highest BCUT2D eigenvalue weighted by atomic mass is 16.5. The Labute approximate surface area is 99.5 Å². The molecule has 0 atom stereocenters. The van der Waals surface area contributed by atoms with E-state index in [9.17, 15) is 0 Å². The summed E-state index contributed by atoms with van der Waals surface area (Å²) in [6.45, 7) is 7.96. The maximum Gasteiger partial charge on any atom is 0.322 e. The second kappa shape index (κ2) is 4.12. The van der Waals surface area contributed by atoms with E-state index < -0.39 is 0 Å². The number of nitrogens with one attached hydrogen (secondary N) is 1. The third-order valence-electron chi connectivity index (χ3n) is 1.89.